The van der Waals surface area contributed by atoms with Gasteiger partial charge in [-0.2, -0.15) is 5.26 Å². The Morgan fingerprint density at radius 2 is 2.67 bits per heavy atom. The van der Waals surface area contributed by atoms with Crippen LogP contribution in [0.15, 0.2) is 29.0 Å². The van der Waals surface area contributed by atoms with Crippen molar-refractivity contribution in [1.82, 2.24) is 4.90 Å². The van der Waals surface area contributed by atoms with E-state index >= 15 is 0 Å². The summed E-state index contributed by atoms with van der Waals surface area (Å²) in [6.07, 6.45) is 9.51. The molecule has 0 saturated carbocycles. The van der Waals surface area contributed by atoms with Gasteiger partial charge in [0.15, 0.2) is 6.19 Å². The Hall–Kier alpha value is -1.76. The second-order valence-corrected chi connectivity index (χ2v) is 2.29. The van der Waals surface area contributed by atoms with Crippen molar-refractivity contribution in [3.8, 4) is 6.19 Å². The summed E-state index contributed by atoms with van der Waals surface area (Å²) >= 11 is 0. The molecule has 0 saturated heterocycles. The van der Waals surface area contributed by atoms with Crippen molar-refractivity contribution in [2.75, 3.05) is 6.67 Å². The van der Waals surface area contributed by atoms with Crippen LogP contribution in [-0.4, -0.2) is 17.8 Å². The summed E-state index contributed by atoms with van der Waals surface area (Å²) in [7, 11) is 0. The fourth-order valence-electron chi connectivity index (χ4n) is 0.911. The van der Waals surface area contributed by atoms with E-state index < -0.39 is 0 Å². The third-order valence-electron chi connectivity index (χ3n) is 1.53. The van der Waals surface area contributed by atoms with Crippen molar-refractivity contribution >= 4 is 6.21 Å². The zero-order chi connectivity index (χ0) is 8.81. The first kappa shape index (κ1) is 8.34. The largest absolute Gasteiger partial charge is 0.405 e. The van der Waals surface area contributed by atoms with Crippen molar-refractivity contribution in [2.45, 2.75) is 6.42 Å². The summed E-state index contributed by atoms with van der Waals surface area (Å²) in [6, 6.07) is 0. The van der Waals surface area contributed by atoms with Crippen LogP contribution < -0.4 is 5.73 Å². The van der Waals surface area contributed by atoms with Crippen LogP contribution >= 0.6 is 0 Å². The van der Waals surface area contributed by atoms with E-state index in [4.69, 9.17) is 11.0 Å². The molecular weight excluding hydrogens is 152 g/mol. The van der Waals surface area contributed by atoms with Gasteiger partial charge >= 0.3 is 0 Å². The lowest BCUT2D eigenvalue weighted by Crippen LogP contribution is -2.19. The number of nitriles is 1. The highest BCUT2D eigenvalue weighted by Crippen LogP contribution is 2.10. The molecule has 2 N–H and O–H groups in total. The third kappa shape index (κ3) is 1.86. The van der Waals surface area contributed by atoms with Gasteiger partial charge in [0.1, 0.15) is 6.67 Å². The maximum absolute atomic E-state index is 8.67. The molecule has 0 atom stereocenters. The van der Waals surface area contributed by atoms with E-state index in [1.165, 1.54) is 11.1 Å². The van der Waals surface area contributed by atoms with Gasteiger partial charge < -0.3 is 5.73 Å². The maximum atomic E-state index is 8.67. The van der Waals surface area contributed by atoms with E-state index in [-0.39, 0.29) is 0 Å². The zero-order valence-corrected chi connectivity index (χ0v) is 6.64. The molecule has 4 nitrogen and oxygen atoms in total. The number of nitrogens with zero attached hydrogens (tertiary/aromatic N) is 3. The molecule has 0 bridgehead atoms. The van der Waals surface area contributed by atoms with Gasteiger partial charge in [-0.3, -0.25) is 9.89 Å². The molecule has 62 valence electrons. The lowest BCUT2D eigenvalue weighted by molar-refractivity contribution is 0.485. The molecule has 0 unspecified atom stereocenters. The Labute approximate surface area is 71.3 Å². The number of rotatable bonds is 2. The van der Waals surface area contributed by atoms with Crippen LogP contribution in [0.5, 0.6) is 0 Å². The van der Waals surface area contributed by atoms with Crippen molar-refractivity contribution < 1.29 is 0 Å². The van der Waals surface area contributed by atoms with Gasteiger partial charge in [0.05, 0.1) is 0 Å². The summed E-state index contributed by atoms with van der Waals surface area (Å²) in [5.74, 6) is 0. The van der Waals surface area contributed by atoms with Gasteiger partial charge in [0.2, 0.25) is 0 Å². The first-order valence-corrected chi connectivity index (χ1v) is 3.61. The molecule has 0 aromatic rings. The summed E-state index contributed by atoms with van der Waals surface area (Å²) in [6.45, 7) is 0.417. The molecule has 0 radical (unpaired) electrons. The molecule has 0 aromatic heterocycles. The Morgan fingerprint density at radius 3 is 3.33 bits per heavy atom. The summed E-state index contributed by atoms with van der Waals surface area (Å²) in [5.41, 5.74) is 6.11. The van der Waals surface area contributed by atoms with Crippen LogP contribution in [0.3, 0.4) is 0 Å². The minimum atomic E-state index is 0.417. The second kappa shape index (κ2) is 4.19. The van der Waals surface area contributed by atoms with E-state index in [2.05, 4.69) is 4.99 Å². The van der Waals surface area contributed by atoms with Gasteiger partial charge in [-0.15, -0.1) is 0 Å². The zero-order valence-electron chi connectivity index (χ0n) is 6.64. The quantitative estimate of drug-likeness (QED) is 0.603. The van der Waals surface area contributed by atoms with E-state index in [1.54, 1.807) is 12.3 Å². The summed E-state index contributed by atoms with van der Waals surface area (Å²) < 4.78 is 0. The third-order valence-corrected chi connectivity index (χ3v) is 1.53. The first-order valence-electron chi connectivity index (χ1n) is 3.61. The fourth-order valence-corrected chi connectivity index (χ4v) is 0.911. The number of aliphatic imine (C=N–C) groups is 1. The molecule has 1 aliphatic heterocycles. The monoisotopic (exact) mass is 162 g/mol. The van der Waals surface area contributed by atoms with Crippen molar-refractivity contribution in [3.63, 3.8) is 0 Å². The van der Waals surface area contributed by atoms with Gasteiger partial charge in [0, 0.05) is 18.3 Å². The minimum absolute atomic E-state index is 0.417. The van der Waals surface area contributed by atoms with Crippen LogP contribution in [0.1, 0.15) is 6.42 Å². The molecule has 0 amide bonds. The van der Waals surface area contributed by atoms with Gasteiger partial charge in [-0.1, -0.05) is 6.08 Å². The van der Waals surface area contributed by atoms with Crippen LogP contribution in [0, 0.1) is 11.5 Å². The summed E-state index contributed by atoms with van der Waals surface area (Å²) in [4.78, 5) is 5.46. The molecule has 1 rings (SSSR count). The Bertz CT molecular complexity index is 269. The highest BCUT2D eigenvalue weighted by atomic mass is 15.2. The van der Waals surface area contributed by atoms with Gasteiger partial charge in [0.25, 0.3) is 0 Å². The summed E-state index contributed by atoms with van der Waals surface area (Å²) in [5, 5.41) is 8.67. The molecule has 4 heteroatoms. The molecule has 0 aromatic carbocycles. The van der Waals surface area contributed by atoms with E-state index in [0.717, 1.165) is 5.70 Å². The number of nitrogens with two attached hydrogens (primary N) is 1. The Kier molecular flexibility index (Phi) is 2.91. The number of allylic oxidation sites excluding steroid dienone is 2. The van der Waals surface area contributed by atoms with Crippen LogP contribution in [0.4, 0.5) is 0 Å². The van der Waals surface area contributed by atoms with Crippen molar-refractivity contribution in [2.24, 2.45) is 10.7 Å². The molecule has 12 heavy (non-hydrogen) atoms. The average molecular weight is 162 g/mol. The molecule has 1 aliphatic rings. The highest BCUT2D eigenvalue weighted by molar-refractivity contribution is 5.73. The smallest absolute Gasteiger partial charge is 0.185 e. The van der Waals surface area contributed by atoms with E-state index in [0.29, 0.717) is 13.1 Å². The molecule has 0 spiro atoms. The molecule has 1 heterocycles. The molecule has 0 fully saturated rings. The van der Waals surface area contributed by atoms with Crippen LogP contribution in [0.2, 0.25) is 0 Å². The predicted octanol–water partition coefficient (Wildman–Crippen LogP) is 0.558. The Morgan fingerprint density at radius 1 is 1.83 bits per heavy atom. The van der Waals surface area contributed by atoms with Gasteiger partial charge in [-0.05, 0) is 12.3 Å². The second-order valence-electron chi connectivity index (χ2n) is 2.29. The number of hydrogen-bond donors (Lipinski definition) is 1. The van der Waals surface area contributed by atoms with E-state index in [1.807, 2.05) is 12.3 Å². The molecular formula is C8H10N4. The SMILES string of the molecule is N#CN1CN=CC=C1CC=CN. The normalized spacial score (nSPS) is 16.2. The topological polar surface area (TPSA) is 65.4 Å². The fraction of sp³-hybridized carbons (Fsp3) is 0.250. The molecule has 0 aliphatic carbocycles. The first-order chi connectivity index (χ1) is 5.88. The van der Waals surface area contributed by atoms with Crippen molar-refractivity contribution in [3.05, 3.63) is 24.0 Å². The highest BCUT2D eigenvalue weighted by Gasteiger charge is 2.07. The lowest BCUT2D eigenvalue weighted by Gasteiger charge is -2.17. The van der Waals surface area contributed by atoms with E-state index in [9.17, 15) is 0 Å². The van der Waals surface area contributed by atoms with Crippen LogP contribution in [0.25, 0.3) is 0 Å². The average Bonchev–Trinajstić information content (AvgIpc) is 2.15. The predicted molar refractivity (Wildman–Crippen MR) is 46.8 cm³/mol. The number of hydrogen-bond acceptors (Lipinski definition) is 4. The standard InChI is InChI=1S/C8H10N4/c9-4-1-2-8-3-5-11-7-12(8)6-10/h1,3-5H,2,7,9H2. The van der Waals surface area contributed by atoms with Gasteiger partial charge in [-0.25, -0.2) is 0 Å². The maximum Gasteiger partial charge on any atom is 0.185 e. The lowest BCUT2D eigenvalue weighted by atomic mass is 10.2. The Balaban J connectivity index is 2.65. The van der Waals surface area contributed by atoms with Crippen molar-refractivity contribution in [1.29, 1.82) is 5.26 Å². The van der Waals surface area contributed by atoms with Crippen LogP contribution in [-0.2, 0) is 0 Å². The minimum Gasteiger partial charge on any atom is -0.405 e.